The van der Waals surface area contributed by atoms with E-state index in [0.717, 1.165) is 15.0 Å². The number of thiophene rings is 1. The number of hydrogen-bond donors (Lipinski definition) is 1. The molecule has 0 aliphatic heterocycles. The van der Waals surface area contributed by atoms with E-state index in [2.05, 4.69) is 15.5 Å². The number of amides is 1. The van der Waals surface area contributed by atoms with Crippen molar-refractivity contribution in [2.24, 2.45) is 0 Å². The standard InChI is InChI=1S/C23H20N4O5S/c1-3-31-22(29)18-14(2)19(15-9-5-4-6-10-15)33-21(18)25-17(28)13-27-20(26-32-23(27)30)16-11-7-8-12-24-16/h4-12H,3,13H2,1-2H3,(H,25,28). The van der Waals surface area contributed by atoms with E-state index in [4.69, 9.17) is 9.26 Å². The van der Waals surface area contributed by atoms with Gasteiger partial charge in [-0.1, -0.05) is 41.6 Å². The van der Waals surface area contributed by atoms with Crippen LogP contribution >= 0.6 is 11.3 Å². The van der Waals surface area contributed by atoms with E-state index in [0.29, 0.717) is 16.3 Å². The Morgan fingerprint density at radius 1 is 1.15 bits per heavy atom. The Kier molecular flexibility index (Phi) is 6.45. The summed E-state index contributed by atoms with van der Waals surface area (Å²) in [5.74, 6) is -1.71. The second-order valence-corrected chi connectivity index (χ2v) is 7.99. The van der Waals surface area contributed by atoms with Crippen LogP contribution in [0.25, 0.3) is 22.0 Å². The first-order chi connectivity index (χ1) is 16.0. The summed E-state index contributed by atoms with van der Waals surface area (Å²) in [6.45, 7) is 3.36. The number of carbonyl (C=O) groups is 2. The molecule has 33 heavy (non-hydrogen) atoms. The lowest BCUT2D eigenvalue weighted by Crippen LogP contribution is -2.26. The maximum atomic E-state index is 12.9. The van der Waals surface area contributed by atoms with Gasteiger partial charge in [0, 0.05) is 11.1 Å². The summed E-state index contributed by atoms with van der Waals surface area (Å²) in [6, 6.07) is 14.7. The Bertz CT molecular complexity index is 1340. The summed E-state index contributed by atoms with van der Waals surface area (Å²) in [6.07, 6.45) is 1.55. The van der Waals surface area contributed by atoms with Crippen molar-refractivity contribution in [2.75, 3.05) is 11.9 Å². The van der Waals surface area contributed by atoms with Crippen LogP contribution in [0.15, 0.2) is 64.0 Å². The fraction of sp³-hybridized carbons (Fsp3) is 0.174. The second kappa shape index (κ2) is 9.61. The average Bonchev–Trinajstić information content (AvgIpc) is 3.34. The van der Waals surface area contributed by atoms with E-state index < -0.39 is 17.6 Å². The lowest BCUT2D eigenvalue weighted by Gasteiger charge is -2.08. The SMILES string of the molecule is CCOC(=O)c1c(NC(=O)Cn2c(-c3ccccn3)noc2=O)sc(-c2ccccc2)c1C. The summed E-state index contributed by atoms with van der Waals surface area (Å²) in [5.41, 5.74) is 2.30. The minimum atomic E-state index is -0.788. The van der Waals surface area contributed by atoms with Crippen LogP contribution < -0.4 is 11.1 Å². The molecule has 4 rings (SSSR count). The zero-order chi connectivity index (χ0) is 23.4. The Balaban J connectivity index is 1.66. The molecule has 3 aromatic heterocycles. The summed E-state index contributed by atoms with van der Waals surface area (Å²) < 4.78 is 11.0. The third-order valence-corrected chi connectivity index (χ3v) is 6.05. The van der Waals surface area contributed by atoms with Crippen LogP contribution in [0.5, 0.6) is 0 Å². The summed E-state index contributed by atoms with van der Waals surface area (Å²) in [7, 11) is 0. The first-order valence-electron chi connectivity index (χ1n) is 10.1. The maximum absolute atomic E-state index is 12.9. The fourth-order valence-corrected chi connectivity index (χ4v) is 4.53. The Morgan fingerprint density at radius 2 is 1.91 bits per heavy atom. The maximum Gasteiger partial charge on any atom is 0.442 e. The molecule has 0 atom stereocenters. The molecule has 168 valence electrons. The highest BCUT2D eigenvalue weighted by Gasteiger charge is 2.25. The lowest BCUT2D eigenvalue weighted by atomic mass is 10.1. The molecule has 0 aliphatic rings. The minimum absolute atomic E-state index is 0.133. The third-order valence-electron chi connectivity index (χ3n) is 4.80. The number of benzene rings is 1. The smallest absolute Gasteiger partial charge is 0.442 e. The molecular weight excluding hydrogens is 444 g/mol. The van der Waals surface area contributed by atoms with Gasteiger partial charge in [0.25, 0.3) is 0 Å². The van der Waals surface area contributed by atoms with E-state index in [1.54, 1.807) is 31.3 Å². The highest BCUT2D eigenvalue weighted by molar-refractivity contribution is 7.20. The van der Waals surface area contributed by atoms with Crippen LogP contribution in [0.3, 0.4) is 0 Å². The molecule has 1 N–H and O–H groups in total. The normalized spacial score (nSPS) is 10.7. The van der Waals surface area contributed by atoms with Gasteiger partial charge < -0.3 is 10.1 Å². The van der Waals surface area contributed by atoms with Crippen molar-refractivity contribution in [3.63, 3.8) is 0 Å². The number of aromatic nitrogens is 3. The Labute approximate surface area is 192 Å². The third kappa shape index (κ3) is 4.60. The molecule has 0 unspecified atom stereocenters. The van der Waals surface area contributed by atoms with Crippen molar-refractivity contribution < 1.29 is 18.8 Å². The largest absolute Gasteiger partial charge is 0.462 e. The van der Waals surface area contributed by atoms with Gasteiger partial charge in [-0.15, -0.1) is 11.3 Å². The van der Waals surface area contributed by atoms with Gasteiger partial charge in [0.2, 0.25) is 11.7 Å². The van der Waals surface area contributed by atoms with Gasteiger partial charge in [0.05, 0.1) is 12.2 Å². The van der Waals surface area contributed by atoms with Gasteiger partial charge in [0.15, 0.2) is 0 Å². The number of anilines is 1. The van der Waals surface area contributed by atoms with Crippen molar-refractivity contribution in [1.29, 1.82) is 0 Å². The van der Waals surface area contributed by atoms with E-state index in [1.165, 1.54) is 11.3 Å². The summed E-state index contributed by atoms with van der Waals surface area (Å²) >= 11 is 1.27. The lowest BCUT2D eigenvalue weighted by molar-refractivity contribution is -0.116. The minimum Gasteiger partial charge on any atom is -0.462 e. The van der Waals surface area contributed by atoms with Crippen molar-refractivity contribution in [3.8, 4) is 22.0 Å². The highest BCUT2D eigenvalue weighted by atomic mass is 32.1. The number of esters is 1. The molecule has 0 saturated heterocycles. The molecular formula is C23H20N4O5S. The molecule has 9 nitrogen and oxygen atoms in total. The molecule has 10 heteroatoms. The number of rotatable bonds is 7. The molecule has 1 aromatic carbocycles. The predicted octanol–water partition coefficient (Wildman–Crippen LogP) is 3.75. The zero-order valence-electron chi connectivity index (χ0n) is 17.9. The Hall–Kier alpha value is -4.05. The van der Waals surface area contributed by atoms with Crippen molar-refractivity contribution in [3.05, 3.63) is 76.4 Å². The van der Waals surface area contributed by atoms with E-state index in [-0.39, 0.29) is 24.5 Å². The quantitative estimate of drug-likeness (QED) is 0.414. The van der Waals surface area contributed by atoms with Gasteiger partial charge in [-0.05, 0) is 37.1 Å². The molecule has 0 saturated carbocycles. The molecule has 4 aromatic rings. The van der Waals surface area contributed by atoms with Crippen molar-refractivity contribution >= 4 is 28.2 Å². The zero-order valence-corrected chi connectivity index (χ0v) is 18.7. The molecule has 0 bridgehead atoms. The van der Waals surface area contributed by atoms with E-state index in [9.17, 15) is 14.4 Å². The fourth-order valence-electron chi connectivity index (χ4n) is 3.31. The van der Waals surface area contributed by atoms with Crippen LogP contribution in [-0.2, 0) is 16.1 Å². The van der Waals surface area contributed by atoms with E-state index >= 15 is 0 Å². The van der Waals surface area contributed by atoms with Crippen molar-refractivity contribution in [2.45, 2.75) is 20.4 Å². The first kappa shape index (κ1) is 22.2. The number of nitrogens with zero attached hydrogens (tertiary/aromatic N) is 3. The molecule has 0 aliphatic carbocycles. The second-order valence-electron chi connectivity index (χ2n) is 6.97. The number of ether oxygens (including phenoxy) is 1. The monoisotopic (exact) mass is 464 g/mol. The predicted molar refractivity (Wildman–Crippen MR) is 123 cm³/mol. The number of hydrogen-bond acceptors (Lipinski definition) is 8. The molecule has 0 fully saturated rings. The van der Waals surface area contributed by atoms with Crippen LogP contribution in [0, 0.1) is 6.92 Å². The van der Waals surface area contributed by atoms with Crippen molar-refractivity contribution in [1.82, 2.24) is 14.7 Å². The number of pyridine rings is 1. The van der Waals surface area contributed by atoms with Gasteiger partial charge >= 0.3 is 11.7 Å². The van der Waals surface area contributed by atoms with Gasteiger partial charge in [-0.2, -0.15) is 0 Å². The molecule has 3 heterocycles. The first-order valence-corrected chi connectivity index (χ1v) is 10.9. The average molecular weight is 465 g/mol. The van der Waals surface area contributed by atoms with Crippen LogP contribution in [-0.4, -0.2) is 33.2 Å². The molecule has 0 spiro atoms. The van der Waals surface area contributed by atoms with Gasteiger partial charge in [-0.3, -0.25) is 14.3 Å². The van der Waals surface area contributed by atoms with Gasteiger partial charge in [0.1, 0.15) is 17.2 Å². The topological polar surface area (TPSA) is 116 Å². The summed E-state index contributed by atoms with van der Waals surface area (Å²) in [5, 5.41) is 6.84. The van der Waals surface area contributed by atoms with Crippen LogP contribution in [0.4, 0.5) is 5.00 Å². The Morgan fingerprint density at radius 3 is 2.61 bits per heavy atom. The van der Waals surface area contributed by atoms with Crippen LogP contribution in [0.2, 0.25) is 0 Å². The van der Waals surface area contributed by atoms with Crippen LogP contribution in [0.1, 0.15) is 22.8 Å². The van der Waals surface area contributed by atoms with E-state index in [1.807, 2.05) is 37.3 Å². The molecule has 0 radical (unpaired) electrons. The highest BCUT2D eigenvalue weighted by Crippen LogP contribution is 2.40. The summed E-state index contributed by atoms with van der Waals surface area (Å²) in [4.78, 5) is 42.7. The number of nitrogens with one attached hydrogen (secondary N) is 1. The number of carbonyl (C=O) groups excluding carboxylic acids is 2. The van der Waals surface area contributed by atoms with Gasteiger partial charge in [-0.25, -0.2) is 14.2 Å². The molecule has 1 amide bonds.